The Kier molecular flexibility index (Phi) is 6.13. The molecule has 0 saturated heterocycles. The summed E-state index contributed by atoms with van der Waals surface area (Å²) in [5.41, 5.74) is 5.83. The molecule has 180 valence electrons. The van der Waals surface area contributed by atoms with Crippen molar-refractivity contribution in [2.75, 3.05) is 13.7 Å². The molecular weight excluding hydrogens is 452 g/mol. The fraction of sp³-hybridized carbons (Fsp3) is 0.241. The monoisotopic (exact) mass is 478 g/mol. The maximum Gasteiger partial charge on any atom is 0.251 e. The standard InChI is InChI=1S/C29H26N4O3/c1-18-4-8-23(27(10-18)35-3)25-9-7-20-13-31-22(12-26(20)33-25)14-32-28(34)19-5-6-21-15-36-17-29(2,16-30)24(21)11-19/h4-13H,14-15,17H2,1-3H3,(H,32,34)/t29-/m1/s1. The van der Waals surface area contributed by atoms with E-state index < -0.39 is 5.41 Å². The first-order valence-corrected chi connectivity index (χ1v) is 11.7. The lowest BCUT2D eigenvalue weighted by Gasteiger charge is -2.30. The molecule has 0 radical (unpaired) electrons. The van der Waals surface area contributed by atoms with Gasteiger partial charge < -0.3 is 14.8 Å². The SMILES string of the molecule is COc1cc(C)ccc1-c1ccc2cnc(CNC(=O)c3ccc4c(c3)[C@](C)(C#N)COC4)cc2n1. The van der Waals surface area contributed by atoms with Gasteiger partial charge in [0.05, 0.1) is 49.8 Å². The van der Waals surface area contributed by atoms with E-state index in [-0.39, 0.29) is 12.5 Å². The highest BCUT2D eigenvalue weighted by Gasteiger charge is 2.33. The normalized spacial score (nSPS) is 16.7. The summed E-state index contributed by atoms with van der Waals surface area (Å²) in [5.74, 6) is 0.546. The Hall–Kier alpha value is -4.28. The van der Waals surface area contributed by atoms with Crippen molar-refractivity contribution in [3.8, 4) is 23.1 Å². The van der Waals surface area contributed by atoms with Crippen LogP contribution in [0.1, 0.15) is 39.7 Å². The van der Waals surface area contributed by atoms with Gasteiger partial charge in [-0.2, -0.15) is 5.26 Å². The molecule has 1 atom stereocenters. The van der Waals surface area contributed by atoms with Crippen LogP contribution in [0.25, 0.3) is 22.2 Å². The van der Waals surface area contributed by atoms with Gasteiger partial charge in [0, 0.05) is 22.7 Å². The van der Waals surface area contributed by atoms with Crippen molar-refractivity contribution in [3.05, 3.63) is 88.7 Å². The van der Waals surface area contributed by atoms with Crippen LogP contribution >= 0.6 is 0 Å². The minimum atomic E-state index is -0.771. The highest BCUT2D eigenvalue weighted by Crippen LogP contribution is 2.33. The van der Waals surface area contributed by atoms with E-state index in [9.17, 15) is 10.1 Å². The minimum absolute atomic E-state index is 0.224. The highest BCUT2D eigenvalue weighted by molar-refractivity contribution is 5.94. The lowest BCUT2D eigenvalue weighted by molar-refractivity contribution is 0.0757. The van der Waals surface area contributed by atoms with Crippen molar-refractivity contribution in [3.63, 3.8) is 0 Å². The number of ether oxygens (including phenoxy) is 2. The van der Waals surface area contributed by atoms with Crippen LogP contribution in [0.5, 0.6) is 5.75 Å². The molecule has 1 N–H and O–H groups in total. The molecule has 0 unspecified atom stereocenters. The smallest absolute Gasteiger partial charge is 0.251 e. The molecule has 2 aromatic carbocycles. The zero-order chi connectivity index (χ0) is 25.3. The van der Waals surface area contributed by atoms with Crippen LogP contribution in [0, 0.1) is 18.3 Å². The Morgan fingerprint density at radius 3 is 2.86 bits per heavy atom. The van der Waals surface area contributed by atoms with E-state index in [2.05, 4.69) is 16.4 Å². The number of benzene rings is 2. The second-order valence-corrected chi connectivity index (χ2v) is 9.26. The summed E-state index contributed by atoms with van der Waals surface area (Å²) in [5, 5.41) is 13.5. The zero-order valence-corrected chi connectivity index (χ0v) is 20.5. The number of pyridine rings is 2. The maximum atomic E-state index is 12.9. The molecular formula is C29H26N4O3. The van der Waals surface area contributed by atoms with Crippen molar-refractivity contribution in [1.82, 2.24) is 15.3 Å². The molecule has 7 nitrogen and oxygen atoms in total. The lowest BCUT2D eigenvalue weighted by Crippen LogP contribution is -2.33. The van der Waals surface area contributed by atoms with Crippen LogP contribution < -0.4 is 10.1 Å². The topological polar surface area (TPSA) is 97.1 Å². The first kappa shape index (κ1) is 23.5. The van der Waals surface area contributed by atoms with Crippen molar-refractivity contribution in [2.45, 2.75) is 32.4 Å². The van der Waals surface area contributed by atoms with Crippen molar-refractivity contribution < 1.29 is 14.3 Å². The average molecular weight is 479 g/mol. The number of rotatable bonds is 5. The Morgan fingerprint density at radius 1 is 1.19 bits per heavy atom. The number of nitrogens with zero attached hydrogens (tertiary/aromatic N) is 3. The van der Waals surface area contributed by atoms with Crippen molar-refractivity contribution in [1.29, 1.82) is 5.26 Å². The minimum Gasteiger partial charge on any atom is -0.496 e. The quantitative estimate of drug-likeness (QED) is 0.440. The molecule has 0 aliphatic carbocycles. The third-order valence-electron chi connectivity index (χ3n) is 6.55. The predicted octanol–water partition coefficient (Wildman–Crippen LogP) is 4.86. The molecule has 5 rings (SSSR count). The fourth-order valence-electron chi connectivity index (χ4n) is 4.48. The van der Waals surface area contributed by atoms with Crippen molar-refractivity contribution in [2.24, 2.45) is 0 Å². The number of nitrogens with one attached hydrogen (secondary N) is 1. The Balaban J connectivity index is 1.37. The summed E-state index contributed by atoms with van der Waals surface area (Å²) in [6.07, 6.45) is 1.76. The van der Waals surface area contributed by atoms with Crippen LogP contribution in [-0.4, -0.2) is 29.6 Å². The van der Waals surface area contributed by atoms with E-state index in [0.29, 0.717) is 24.5 Å². The molecule has 0 spiro atoms. The van der Waals surface area contributed by atoms with Crippen LogP contribution in [0.2, 0.25) is 0 Å². The molecule has 0 saturated carbocycles. The maximum absolute atomic E-state index is 12.9. The molecule has 3 heterocycles. The van der Waals surface area contributed by atoms with E-state index in [1.165, 1.54) is 0 Å². The lowest BCUT2D eigenvalue weighted by atomic mass is 9.79. The summed E-state index contributed by atoms with van der Waals surface area (Å²) in [4.78, 5) is 22.2. The van der Waals surface area contributed by atoms with Crippen LogP contribution in [0.3, 0.4) is 0 Å². The third kappa shape index (κ3) is 4.39. The van der Waals surface area contributed by atoms with Crippen LogP contribution in [0.4, 0.5) is 0 Å². The molecule has 2 aromatic heterocycles. The van der Waals surface area contributed by atoms with Gasteiger partial charge in [0.2, 0.25) is 0 Å². The first-order chi connectivity index (χ1) is 17.4. The Morgan fingerprint density at radius 2 is 2.06 bits per heavy atom. The van der Waals surface area contributed by atoms with Gasteiger partial charge in [0.1, 0.15) is 11.2 Å². The highest BCUT2D eigenvalue weighted by atomic mass is 16.5. The average Bonchev–Trinajstić information content (AvgIpc) is 2.91. The van der Waals surface area contributed by atoms with E-state index in [4.69, 9.17) is 14.5 Å². The predicted molar refractivity (Wildman–Crippen MR) is 136 cm³/mol. The number of hydrogen-bond donors (Lipinski definition) is 1. The molecule has 1 aliphatic heterocycles. The second-order valence-electron chi connectivity index (χ2n) is 9.26. The first-order valence-electron chi connectivity index (χ1n) is 11.7. The number of fused-ring (bicyclic) bond motifs is 2. The largest absolute Gasteiger partial charge is 0.496 e. The van der Waals surface area contributed by atoms with Crippen LogP contribution in [-0.2, 0) is 23.3 Å². The summed E-state index contributed by atoms with van der Waals surface area (Å²) in [6.45, 7) is 4.86. The van der Waals surface area contributed by atoms with E-state index in [0.717, 1.165) is 44.6 Å². The van der Waals surface area contributed by atoms with Gasteiger partial charge in [-0.25, -0.2) is 4.98 Å². The number of aromatic nitrogens is 2. The van der Waals surface area contributed by atoms with Gasteiger partial charge in [-0.15, -0.1) is 0 Å². The van der Waals surface area contributed by atoms with E-state index in [1.54, 1.807) is 25.4 Å². The summed E-state index contributed by atoms with van der Waals surface area (Å²) < 4.78 is 11.1. The number of aryl methyl sites for hydroxylation is 1. The number of hydrogen-bond acceptors (Lipinski definition) is 6. The van der Waals surface area contributed by atoms with Gasteiger partial charge in [0.25, 0.3) is 5.91 Å². The fourth-order valence-corrected chi connectivity index (χ4v) is 4.48. The summed E-state index contributed by atoms with van der Waals surface area (Å²) in [7, 11) is 1.65. The summed E-state index contributed by atoms with van der Waals surface area (Å²) >= 11 is 0. The van der Waals surface area contributed by atoms with E-state index in [1.807, 2.05) is 56.3 Å². The second kappa shape index (κ2) is 9.40. The molecule has 0 fully saturated rings. The van der Waals surface area contributed by atoms with Gasteiger partial charge in [-0.3, -0.25) is 9.78 Å². The Labute approximate surface area is 209 Å². The molecule has 1 amide bonds. The van der Waals surface area contributed by atoms with E-state index >= 15 is 0 Å². The van der Waals surface area contributed by atoms with Gasteiger partial charge in [-0.1, -0.05) is 12.1 Å². The molecule has 36 heavy (non-hydrogen) atoms. The van der Waals surface area contributed by atoms with Gasteiger partial charge >= 0.3 is 0 Å². The van der Waals surface area contributed by atoms with Gasteiger partial charge in [-0.05, 0) is 73.0 Å². The Bertz CT molecular complexity index is 1530. The zero-order valence-electron chi connectivity index (χ0n) is 20.5. The number of carbonyl (C=O) groups is 1. The van der Waals surface area contributed by atoms with Crippen LogP contribution in [0.15, 0.2) is 60.8 Å². The molecule has 0 bridgehead atoms. The molecule has 4 aromatic rings. The third-order valence-corrected chi connectivity index (χ3v) is 6.55. The summed E-state index contributed by atoms with van der Waals surface area (Å²) in [6, 6.07) is 19.6. The number of methoxy groups -OCH3 is 1. The van der Waals surface area contributed by atoms with Crippen molar-refractivity contribution >= 4 is 16.8 Å². The number of carbonyl (C=O) groups excluding carboxylic acids is 1. The number of nitriles is 1. The molecule has 7 heteroatoms. The van der Waals surface area contributed by atoms with Gasteiger partial charge in [0.15, 0.2) is 0 Å². The molecule has 1 aliphatic rings. The number of amides is 1.